The second-order valence-electron chi connectivity index (χ2n) is 17.1. The highest BCUT2D eigenvalue weighted by Crippen LogP contribution is 2.43. The van der Waals surface area contributed by atoms with Crippen LogP contribution in [-0.4, -0.2) is 103 Å². The Morgan fingerprint density at radius 3 is 2.02 bits per heavy atom. The molecule has 0 aromatic carbocycles. The predicted molar refractivity (Wildman–Crippen MR) is 226 cm³/mol. The molecule has 0 saturated heterocycles. The van der Waals surface area contributed by atoms with Gasteiger partial charge in [0.1, 0.15) is 19.8 Å². The number of quaternary nitrogens is 1. The van der Waals surface area contributed by atoms with Gasteiger partial charge < -0.3 is 34.2 Å². The number of nitrogens with zero attached hydrogens (tertiary/aromatic N) is 1. The molecule has 0 aliphatic heterocycles. The van der Waals surface area contributed by atoms with Gasteiger partial charge in [-0.1, -0.05) is 135 Å². The number of unbranched alkanes of at least 4 members (excludes halogenated alkanes) is 17. The van der Waals surface area contributed by atoms with E-state index in [9.17, 15) is 29.6 Å². The lowest BCUT2D eigenvalue weighted by Gasteiger charge is -2.24. The number of aliphatic hydroxyl groups excluding tert-OH is 3. The Morgan fingerprint density at radius 2 is 1.38 bits per heavy atom. The molecule has 0 spiro atoms. The van der Waals surface area contributed by atoms with E-state index in [1.165, 1.54) is 64.2 Å². The minimum atomic E-state index is -4.32. The molecule has 0 amide bonds. The summed E-state index contributed by atoms with van der Waals surface area (Å²) >= 11 is 0. The third kappa shape index (κ3) is 29.0. The molecule has 1 aliphatic rings. The van der Waals surface area contributed by atoms with Gasteiger partial charge in [-0.05, 0) is 44.1 Å². The molecule has 1 rings (SSSR count). The van der Waals surface area contributed by atoms with Gasteiger partial charge in [-0.25, -0.2) is 4.57 Å². The number of carbonyl (C=O) groups excluding carboxylic acids is 1. The SMILES string of the molecule is CCCCCCCCCCCCCC/C=C/O[C@H](COC(=O)CCCCCC[C@@H]1[C@@H](/C=C/[C@@H](O)CCCCC)[C@H](O)C[C@@H]1O)COP(=O)(O)OCC[N+](C)(C)C. The maximum atomic E-state index is 12.6. The van der Waals surface area contributed by atoms with Gasteiger partial charge in [0.05, 0.1) is 52.3 Å². The van der Waals surface area contributed by atoms with Crippen LogP contribution in [0.3, 0.4) is 0 Å². The molecule has 330 valence electrons. The summed E-state index contributed by atoms with van der Waals surface area (Å²) in [4.78, 5) is 22.8. The van der Waals surface area contributed by atoms with Crippen LogP contribution >= 0.6 is 7.82 Å². The van der Waals surface area contributed by atoms with E-state index in [2.05, 4.69) is 13.8 Å². The Hall–Kier alpha value is -1.30. The van der Waals surface area contributed by atoms with Crippen molar-refractivity contribution in [3.8, 4) is 0 Å². The zero-order valence-electron chi connectivity index (χ0n) is 36.2. The highest BCUT2D eigenvalue weighted by Gasteiger charge is 2.39. The van der Waals surface area contributed by atoms with Gasteiger partial charge in [0, 0.05) is 18.8 Å². The molecule has 56 heavy (non-hydrogen) atoms. The summed E-state index contributed by atoms with van der Waals surface area (Å²) in [5.41, 5.74) is 0. The van der Waals surface area contributed by atoms with Crippen LogP contribution in [0.2, 0.25) is 0 Å². The minimum absolute atomic E-state index is 0.0518. The van der Waals surface area contributed by atoms with Crippen LogP contribution in [0.4, 0.5) is 0 Å². The number of hydrogen-bond donors (Lipinski definition) is 4. The first-order valence-corrected chi connectivity index (χ1v) is 23.9. The largest absolute Gasteiger partial charge is 0.492 e. The van der Waals surface area contributed by atoms with Gasteiger partial charge in [-0.3, -0.25) is 13.8 Å². The Labute approximate surface area is 341 Å². The molecule has 7 atom stereocenters. The van der Waals surface area contributed by atoms with Crippen molar-refractivity contribution in [2.45, 2.75) is 192 Å². The molecule has 1 unspecified atom stereocenters. The summed E-state index contributed by atoms with van der Waals surface area (Å²) in [5, 5.41) is 31.4. The fourth-order valence-electron chi connectivity index (χ4n) is 7.10. The van der Waals surface area contributed by atoms with E-state index in [1.807, 2.05) is 33.3 Å². The van der Waals surface area contributed by atoms with E-state index in [1.54, 1.807) is 12.3 Å². The summed E-state index contributed by atoms with van der Waals surface area (Å²) in [6.07, 6.45) is 29.5. The number of phosphoric acid groups is 1. The van der Waals surface area contributed by atoms with Gasteiger partial charge in [0.2, 0.25) is 0 Å². The number of likely N-dealkylation sites (N-methyl/N-ethyl adjacent to an activating group) is 1. The van der Waals surface area contributed by atoms with Crippen LogP contribution in [0.25, 0.3) is 0 Å². The van der Waals surface area contributed by atoms with Crippen molar-refractivity contribution in [2.75, 3.05) is 47.5 Å². The molecule has 1 aliphatic carbocycles. The molecule has 1 fully saturated rings. The summed E-state index contributed by atoms with van der Waals surface area (Å²) in [5.74, 6) is -0.593. The molecule has 0 aromatic heterocycles. The molecule has 0 aromatic rings. The summed E-state index contributed by atoms with van der Waals surface area (Å²) in [7, 11) is 1.56. The van der Waals surface area contributed by atoms with Gasteiger partial charge in [0.25, 0.3) is 0 Å². The van der Waals surface area contributed by atoms with Crippen molar-refractivity contribution in [1.29, 1.82) is 0 Å². The molecule has 0 bridgehead atoms. The van der Waals surface area contributed by atoms with Gasteiger partial charge >= 0.3 is 13.8 Å². The van der Waals surface area contributed by atoms with Crippen LogP contribution in [0.15, 0.2) is 24.5 Å². The lowest BCUT2D eigenvalue weighted by atomic mass is 9.88. The average molecular weight is 819 g/mol. The van der Waals surface area contributed by atoms with E-state index in [4.69, 9.17) is 18.5 Å². The highest BCUT2D eigenvalue weighted by atomic mass is 31.2. The van der Waals surface area contributed by atoms with Crippen LogP contribution in [-0.2, 0) is 27.9 Å². The van der Waals surface area contributed by atoms with E-state index in [0.717, 1.165) is 64.2 Å². The van der Waals surface area contributed by atoms with Crippen LogP contribution in [0.1, 0.15) is 168 Å². The first-order chi connectivity index (χ1) is 26.8. The summed E-state index contributed by atoms with van der Waals surface area (Å²) < 4.78 is 34.7. The monoisotopic (exact) mass is 819 g/mol. The first-order valence-electron chi connectivity index (χ1n) is 22.4. The maximum absolute atomic E-state index is 12.6. The predicted octanol–water partition coefficient (Wildman–Crippen LogP) is 9.56. The van der Waals surface area contributed by atoms with Crippen LogP contribution < -0.4 is 0 Å². The Kier molecular flexibility index (Phi) is 30.6. The number of carbonyl (C=O) groups is 1. The second-order valence-corrected chi connectivity index (χ2v) is 18.6. The summed E-state index contributed by atoms with van der Waals surface area (Å²) in [6.45, 7) is 4.57. The van der Waals surface area contributed by atoms with Crippen molar-refractivity contribution in [1.82, 2.24) is 0 Å². The average Bonchev–Trinajstić information content (AvgIpc) is 3.41. The van der Waals surface area contributed by atoms with Gasteiger partial charge in [-0.15, -0.1) is 0 Å². The Bertz CT molecular complexity index is 1070. The van der Waals surface area contributed by atoms with Gasteiger partial charge in [0.15, 0.2) is 6.10 Å². The number of rotatable bonds is 37. The molecular weight excluding hydrogens is 733 g/mol. The van der Waals surface area contributed by atoms with Crippen molar-refractivity contribution in [2.24, 2.45) is 11.8 Å². The Morgan fingerprint density at radius 1 is 0.786 bits per heavy atom. The molecule has 1 saturated carbocycles. The lowest BCUT2D eigenvalue weighted by Crippen LogP contribution is -2.37. The molecule has 4 N–H and O–H groups in total. The number of phosphoric ester groups is 1. The van der Waals surface area contributed by atoms with Crippen molar-refractivity contribution < 1.29 is 52.6 Å². The molecule has 0 radical (unpaired) electrons. The lowest BCUT2D eigenvalue weighted by molar-refractivity contribution is -0.870. The van der Waals surface area contributed by atoms with E-state index >= 15 is 0 Å². The number of hydrogen-bond acceptors (Lipinski definition) is 9. The molecular formula is C44H85NO10P+. The fraction of sp³-hybridized carbons (Fsp3) is 0.886. The summed E-state index contributed by atoms with van der Waals surface area (Å²) in [6, 6.07) is 0. The molecule has 11 nitrogen and oxygen atoms in total. The topological polar surface area (TPSA) is 152 Å². The third-order valence-corrected chi connectivity index (χ3v) is 11.7. The number of esters is 1. The first kappa shape index (κ1) is 52.7. The van der Waals surface area contributed by atoms with Crippen molar-refractivity contribution in [3.63, 3.8) is 0 Å². The molecule has 12 heteroatoms. The number of allylic oxidation sites excluding steroid dienone is 1. The second kappa shape index (κ2) is 32.5. The van der Waals surface area contributed by atoms with Crippen molar-refractivity contribution in [3.05, 3.63) is 24.5 Å². The minimum Gasteiger partial charge on any atom is -0.492 e. The van der Waals surface area contributed by atoms with Crippen molar-refractivity contribution >= 4 is 13.8 Å². The van der Waals surface area contributed by atoms with E-state index in [0.29, 0.717) is 30.3 Å². The van der Waals surface area contributed by atoms with E-state index in [-0.39, 0.29) is 44.0 Å². The third-order valence-electron chi connectivity index (χ3n) is 10.7. The van der Waals surface area contributed by atoms with Gasteiger partial charge in [-0.2, -0.15) is 0 Å². The highest BCUT2D eigenvalue weighted by molar-refractivity contribution is 7.47. The Balaban J connectivity index is 2.43. The van der Waals surface area contributed by atoms with Crippen LogP contribution in [0, 0.1) is 11.8 Å². The number of ether oxygens (including phenoxy) is 2. The zero-order valence-corrected chi connectivity index (χ0v) is 37.1. The maximum Gasteiger partial charge on any atom is 0.472 e. The smallest absolute Gasteiger partial charge is 0.472 e. The quantitative estimate of drug-likeness (QED) is 0.0119. The van der Waals surface area contributed by atoms with Crippen LogP contribution in [0.5, 0.6) is 0 Å². The van der Waals surface area contributed by atoms with E-state index < -0.39 is 32.2 Å². The standard InChI is InChI=1S/C44H84NO10P/c1-6-8-10-11-12-13-14-15-16-17-18-19-22-26-33-52-39(37-55-56(50,51)54-34-32-45(3,4)5)36-53-44(49)29-25-21-20-24-28-40-41(43(48)35-42(40)47)31-30-38(46)27-23-9-7-2/h26,30-31,33,38-43,46-48H,6-25,27-29,32,34-37H2,1-5H3/p+1/b31-30+,33-26+/t38-,39+,40+,41+,42-,43+/m0/s1. The number of aliphatic hydroxyl groups is 3. The molecule has 0 heterocycles. The fourth-order valence-corrected chi connectivity index (χ4v) is 7.85. The normalized spacial score (nSPS) is 21.2. The zero-order chi connectivity index (χ0) is 41.5.